The highest BCUT2D eigenvalue weighted by molar-refractivity contribution is 9.09. The third kappa shape index (κ3) is 3.41. The van der Waals surface area contributed by atoms with E-state index in [4.69, 9.17) is 9.47 Å². The lowest BCUT2D eigenvalue weighted by molar-refractivity contribution is 0.388. The topological polar surface area (TPSA) is 18.5 Å². The van der Waals surface area contributed by atoms with Crippen LogP contribution in [0.5, 0.6) is 11.5 Å². The lowest BCUT2D eigenvalue weighted by Crippen LogP contribution is -2.03. The molecule has 0 bridgehead atoms. The van der Waals surface area contributed by atoms with Gasteiger partial charge >= 0.3 is 0 Å². The van der Waals surface area contributed by atoms with Gasteiger partial charge in [0, 0.05) is 10.9 Å². The van der Waals surface area contributed by atoms with Crippen LogP contribution < -0.4 is 9.47 Å². The molecule has 0 radical (unpaired) electrons. The highest BCUT2D eigenvalue weighted by Crippen LogP contribution is 2.33. The number of rotatable bonds is 5. The molecule has 90 valence electrons. The van der Waals surface area contributed by atoms with Gasteiger partial charge in [0.1, 0.15) is 11.5 Å². The highest BCUT2D eigenvalue weighted by Gasteiger charge is 2.14. The van der Waals surface area contributed by atoms with Gasteiger partial charge in [-0.25, -0.2) is 0 Å². The zero-order valence-corrected chi connectivity index (χ0v) is 11.9. The van der Waals surface area contributed by atoms with Crippen LogP contribution in [0, 0.1) is 0 Å². The van der Waals surface area contributed by atoms with Gasteiger partial charge in [0.25, 0.3) is 0 Å². The Bertz CT molecular complexity index is 337. The van der Waals surface area contributed by atoms with Crippen molar-refractivity contribution in [2.75, 3.05) is 14.2 Å². The zero-order valence-electron chi connectivity index (χ0n) is 10.3. The molecule has 3 heteroatoms. The molecule has 0 amide bonds. The number of hydrogen-bond acceptors (Lipinski definition) is 2. The third-order valence-electron chi connectivity index (χ3n) is 2.65. The summed E-state index contributed by atoms with van der Waals surface area (Å²) in [4.78, 5) is 0.509. The standard InChI is InChI=1S/C13H19BrO2/c1-9(7-10(2)14)12-6-5-11(15-3)8-13(12)16-4/h5-6,8-10H,7H2,1-4H3. The monoisotopic (exact) mass is 286 g/mol. The fourth-order valence-corrected chi connectivity index (χ4v) is 2.40. The first-order valence-electron chi connectivity index (χ1n) is 5.44. The maximum atomic E-state index is 5.40. The highest BCUT2D eigenvalue weighted by atomic mass is 79.9. The maximum absolute atomic E-state index is 5.40. The first-order chi connectivity index (χ1) is 7.58. The lowest BCUT2D eigenvalue weighted by atomic mass is 9.95. The summed E-state index contributed by atoms with van der Waals surface area (Å²) in [6.45, 7) is 4.37. The fraction of sp³-hybridized carbons (Fsp3) is 0.538. The van der Waals surface area contributed by atoms with Gasteiger partial charge in [-0.05, 0) is 24.0 Å². The van der Waals surface area contributed by atoms with E-state index in [0.29, 0.717) is 10.7 Å². The summed E-state index contributed by atoms with van der Waals surface area (Å²) in [5.74, 6) is 2.20. The van der Waals surface area contributed by atoms with Crippen LogP contribution in [0.4, 0.5) is 0 Å². The first kappa shape index (κ1) is 13.4. The van der Waals surface area contributed by atoms with Crippen molar-refractivity contribution in [3.8, 4) is 11.5 Å². The van der Waals surface area contributed by atoms with E-state index >= 15 is 0 Å². The van der Waals surface area contributed by atoms with Crippen LogP contribution in [0.2, 0.25) is 0 Å². The van der Waals surface area contributed by atoms with E-state index in [1.54, 1.807) is 14.2 Å². The Labute approximate surface area is 106 Å². The molecule has 2 atom stereocenters. The molecule has 1 rings (SSSR count). The molecule has 2 nitrogen and oxygen atoms in total. The largest absolute Gasteiger partial charge is 0.497 e. The van der Waals surface area contributed by atoms with Gasteiger partial charge in [-0.2, -0.15) is 0 Å². The van der Waals surface area contributed by atoms with E-state index in [1.807, 2.05) is 12.1 Å². The van der Waals surface area contributed by atoms with Crippen molar-refractivity contribution in [1.82, 2.24) is 0 Å². The number of halogens is 1. The Morgan fingerprint density at radius 2 is 1.88 bits per heavy atom. The zero-order chi connectivity index (χ0) is 12.1. The van der Waals surface area contributed by atoms with Gasteiger partial charge in [-0.1, -0.05) is 35.8 Å². The van der Waals surface area contributed by atoms with Crippen molar-refractivity contribution in [3.63, 3.8) is 0 Å². The smallest absolute Gasteiger partial charge is 0.126 e. The number of hydrogen-bond donors (Lipinski definition) is 0. The van der Waals surface area contributed by atoms with E-state index in [0.717, 1.165) is 17.9 Å². The second-order valence-electron chi connectivity index (χ2n) is 4.03. The second kappa shape index (κ2) is 6.14. The minimum Gasteiger partial charge on any atom is -0.497 e. The molecule has 0 aliphatic carbocycles. The van der Waals surface area contributed by atoms with Crippen molar-refractivity contribution in [3.05, 3.63) is 23.8 Å². The van der Waals surface area contributed by atoms with Crippen molar-refractivity contribution in [2.24, 2.45) is 0 Å². The molecule has 0 spiro atoms. The average Bonchev–Trinajstić information content (AvgIpc) is 2.27. The van der Waals surface area contributed by atoms with Crippen LogP contribution in [-0.2, 0) is 0 Å². The second-order valence-corrected chi connectivity index (χ2v) is 5.59. The van der Waals surface area contributed by atoms with Gasteiger partial charge < -0.3 is 9.47 Å². The van der Waals surface area contributed by atoms with E-state index in [-0.39, 0.29) is 0 Å². The Morgan fingerprint density at radius 1 is 1.19 bits per heavy atom. The van der Waals surface area contributed by atoms with Gasteiger partial charge in [0.15, 0.2) is 0 Å². The van der Waals surface area contributed by atoms with Crippen LogP contribution in [0.3, 0.4) is 0 Å². The van der Waals surface area contributed by atoms with Crippen LogP contribution in [0.25, 0.3) is 0 Å². The molecule has 0 N–H and O–H groups in total. The van der Waals surface area contributed by atoms with Crippen LogP contribution in [0.1, 0.15) is 31.7 Å². The first-order valence-corrected chi connectivity index (χ1v) is 6.36. The number of ether oxygens (including phenoxy) is 2. The molecule has 0 saturated carbocycles. The minimum absolute atomic E-state index is 0.468. The molecular weight excluding hydrogens is 268 g/mol. The minimum atomic E-state index is 0.468. The molecule has 1 aromatic carbocycles. The molecule has 0 heterocycles. The summed E-state index contributed by atoms with van der Waals surface area (Å²) in [7, 11) is 3.36. The van der Waals surface area contributed by atoms with Crippen molar-refractivity contribution < 1.29 is 9.47 Å². The lowest BCUT2D eigenvalue weighted by Gasteiger charge is -2.17. The Kier molecular flexibility index (Phi) is 5.13. The Balaban J connectivity index is 2.94. The maximum Gasteiger partial charge on any atom is 0.126 e. The molecule has 0 aliphatic rings. The van der Waals surface area contributed by atoms with Crippen molar-refractivity contribution in [1.29, 1.82) is 0 Å². The Hall–Kier alpha value is -0.700. The predicted molar refractivity (Wildman–Crippen MR) is 71.0 cm³/mol. The van der Waals surface area contributed by atoms with Crippen LogP contribution in [0.15, 0.2) is 18.2 Å². The molecular formula is C13H19BrO2. The number of benzene rings is 1. The third-order valence-corrected chi connectivity index (χ3v) is 3.02. The summed E-state index contributed by atoms with van der Waals surface area (Å²) in [5.41, 5.74) is 1.23. The van der Waals surface area contributed by atoms with Gasteiger partial charge in [-0.15, -0.1) is 0 Å². The van der Waals surface area contributed by atoms with E-state index in [1.165, 1.54) is 5.56 Å². The number of methoxy groups -OCH3 is 2. The Morgan fingerprint density at radius 3 is 2.38 bits per heavy atom. The molecule has 0 fully saturated rings. The van der Waals surface area contributed by atoms with Crippen molar-refractivity contribution in [2.45, 2.75) is 31.0 Å². The summed E-state index contributed by atoms with van der Waals surface area (Å²) in [6.07, 6.45) is 1.09. The molecule has 1 aromatic rings. The molecule has 0 aromatic heterocycles. The number of alkyl halides is 1. The van der Waals surface area contributed by atoms with Crippen LogP contribution in [-0.4, -0.2) is 19.0 Å². The fourth-order valence-electron chi connectivity index (χ4n) is 1.84. The SMILES string of the molecule is COc1ccc(C(C)CC(C)Br)c(OC)c1. The summed E-state index contributed by atoms with van der Waals surface area (Å²) >= 11 is 3.58. The molecule has 0 saturated heterocycles. The normalized spacial score (nSPS) is 14.3. The van der Waals surface area contributed by atoms with Crippen molar-refractivity contribution >= 4 is 15.9 Å². The van der Waals surface area contributed by atoms with Gasteiger partial charge in [0.05, 0.1) is 14.2 Å². The summed E-state index contributed by atoms with van der Waals surface area (Å²) in [6, 6.07) is 6.00. The summed E-state index contributed by atoms with van der Waals surface area (Å²) < 4.78 is 10.6. The van der Waals surface area contributed by atoms with Gasteiger partial charge in [0.2, 0.25) is 0 Å². The van der Waals surface area contributed by atoms with E-state index < -0.39 is 0 Å². The average molecular weight is 287 g/mol. The molecule has 0 aliphatic heterocycles. The van der Waals surface area contributed by atoms with E-state index in [2.05, 4.69) is 35.8 Å². The van der Waals surface area contributed by atoms with E-state index in [9.17, 15) is 0 Å². The predicted octanol–water partition coefficient (Wildman–Crippen LogP) is 3.98. The quantitative estimate of drug-likeness (QED) is 0.763. The van der Waals surface area contributed by atoms with Gasteiger partial charge in [-0.3, -0.25) is 0 Å². The molecule has 16 heavy (non-hydrogen) atoms. The van der Waals surface area contributed by atoms with Crippen LogP contribution >= 0.6 is 15.9 Å². The summed E-state index contributed by atoms with van der Waals surface area (Å²) in [5, 5.41) is 0. The molecule has 2 unspecified atom stereocenters.